The second kappa shape index (κ2) is 4.69. The molecule has 1 atom stereocenters. The van der Waals surface area contributed by atoms with Crippen LogP contribution in [-0.4, -0.2) is 41.1 Å². The monoisotopic (exact) mass is 229 g/mol. The van der Waals surface area contributed by atoms with Crippen LogP contribution in [0.2, 0.25) is 0 Å². The van der Waals surface area contributed by atoms with Crippen molar-refractivity contribution < 1.29 is 13.5 Å². The van der Waals surface area contributed by atoms with E-state index < -0.39 is 11.9 Å². The number of likely N-dealkylation sites (N-methyl/N-ethyl adjacent to an activating group) is 1. The molecule has 0 bridgehead atoms. The van der Waals surface area contributed by atoms with Crippen molar-refractivity contribution in [2.24, 2.45) is 0 Å². The largest absolute Gasteiger partial charge is 0.459 e. The second-order valence-electron chi connectivity index (χ2n) is 3.94. The van der Waals surface area contributed by atoms with Crippen molar-refractivity contribution in [2.45, 2.75) is 18.9 Å². The topological polar surface area (TPSA) is 38.2 Å². The Morgan fingerprint density at radius 1 is 1.38 bits per heavy atom. The number of rotatable bonds is 2. The van der Waals surface area contributed by atoms with Crippen molar-refractivity contribution in [3.05, 3.63) is 18.0 Å². The van der Waals surface area contributed by atoms with E-state index in [1.165, 1.54) is 0 Å². The minimum atomic E-state index is -0.910. The lowest BCUT2D eigenvalue weighted by molar-refractivity contribution is 0.0934. The first-order valence-electron chi connectivity index (χ1n) is 5.19. The van der Waals surface area contributed by atoms with Crippen LogP contribution < -0.4 is 4.74 Å². The zero-order chi connectivity index (χ0) is 11.5. The van der Waals surface area contributed by atoms with Crippen LogP contribution >= 0.6 is 0 Å². The SMILES string of the molecule is CN1CCCC(Oc2nc(F)cc(F)n2)C1. The summed E-state index contributed by atoms with van der Waals surface area (Å²) >= 11 is 0. The van der Waals surface area contributed by atoms with E-state index >= 15 is 0 Å². The summed E-state index contributed by atoms with van der Waals surface area (Å²) in [5.41, 5.74) is 0. The van der Waals surface area contributed by atoms with Gasteiger partial charge in [-0.2, -0.15) is 18.7 Å². The molecule has 6 heteroatoms. The van der Waals surface area contributed by atoms with E-state index in [0.717, 1.165) is 25.9 Å². The molecule has 0 aromatic carbocycles. The third-order valence-corrected chi connectivity index (χ3v) is 2.50. The van der Waals surface area contributed by atoms with Gasteiger partial charge in [-0.3, -0.25) is 0 Å². The molecule has 88 valence electrons. The van der Waals surface area contributed by atoms with Crippen molar-refractivity contribution in [1.82, 2.24) is 14.9 Å². The van der Waals surface area contributed by atoms with Gasteiger partial charge in [0.25, 0.3) is 0 Å². The van der Waals surface area contributed by atoms with E-state index in [1.807, 2.05) is 7.05 Å². The number of halogens is 2. The molecule has 1 aromatic rings. The van der Waals surface area contributed by atoms with Crippen LogP contribution in [0.15, 0.2) is 6.07 Å². The van der Waals surface area contributed by atoms with Gasteiger partial charge in [-0.1, -0.05) is 0 Å². The number of piperidine rings is 1. The Bertz CT molecular complexity index is 355. The Morgan fingerprint density at radius 2 is 2.06 bits per heavy atom. The van der Waals surface area contributed by atoms with Crippen LogP contribution in [0.1, 0.15) is 12.8 Å². The highest BCUT2D eigenvalue weighted by molar-refractivity contribution is 4.98. The molecule has 1 aliphatic heterocycles. The summed E-state index contributed by atoms with van der Waals surface area (Å²) in [4.78, 5) is 8.89. The van der Waals surface area contributed by atoms with Crippen LogP contribution in [0.3, 0.4) is 0 Å². The molecule has 0 saturated carbocycles. The van der Waals surface area contributed by atoms with Crippen molar-refractivity contribution in [1.29, 1.82) is 0 Å². The van der Waals surface area contributed by atoms with Gasteiger partial charge in [-0.15, -0.1) is 0 Å². The van der Waals surface area contributed by atoms with Crippen molar-refractivity contribution >= 4 is 0 Å². The Labute approximate surface area is 92.3 Å². The van der Waals surface area contributed by atoms with Crippen LogP contribution in [0, 0.1) is 11.9 Å². The molecule has 4 nitrogen and oxygen atoms in total. The van der Waals surface area contributed by atoms with E-state index in [0.29, 0.717) is 6.07 Å². The summed E-state index contributed by atoms with van der Waals surface area (Å²) in [5.74, 6) is -1.82. The van der Waals surface area contributed by atoms with E-state index in [1.54, 1.807) is 0 Å². The van der Waals surface area contributed by atoms with Gasteiger partial charge in [0, 0.05) is 12.6 Å². The zero-order valence-corrected chi connectivity index (χ0v) is 8.99. The Morgan fingerprint density at radius 3 is 2.69 bits per heavy atom. The minimum absolute atomic E-state index is 0.0973. The van der Waals surface area contributed by atoms with Crippen LogP contribution in [-0.2, 0) is 0 Å². The van der Waals surface area contributed by atoms with Crippen molar-refractivity contribution in [2.75, 3.05) is 20.1 Å². The molecule has 1 aromatic heterocycles. The molecule has 2 heterocycles. The minimum Gasteiger partial charge on any atom is -0.459 e. The number of nitrogens with zero attached hydrogens (tertiary/aromatic N) is 3. The summed E-state index contributed by atoms with van der Waals surface area (Å²) in [6, 6.07) is 0.401. The molecule has 0 amide bonds. The Hall–Kier alpha value is -1.30. The van der Waals surface area contributed by atoms with Gasteiger partial charge in [0.05, 0.1) is 0 Å². The van der Waals surface area contributed by atoms with Gasteiger partial charge in [0.1, 0.15) is 6.10 Å². The fourth-order valence-corrected chi connectivity index (χ4v) is 1.79. The summed E-state index contributed by atoms with van der Waals surface area (Å²) in [6.07, 6.45) is 1.75. The Kier molecular flexibility index (Phi) is 3.28. The van der Waals surface area contributed by atoms with E-state index in [9.17, 15) is 8.78 Å². The summed E-state index contributed by atoms with van der Waals surface area (Å²) < 4.78 is 30.9. The molecule has 1 aliphatic rings. The lowest BCUT2D eigenvalue weighted by Gasteiger charge is -2.29. The second-order valence-corrected chi connectivity index (χ2v) is 3.94. The average molecular weight is 229 g/mol. The molecule has 0 N–H and O–H groups in total. The van der Waals surface area contributed by atoms with Gasteiger partial charge in [0.15, 0.2) is 0 Å². The molecule has 1 fully saturated rings. The van der Waals surface area contributed by atoms with Crippen LogP contribution in [0.5, 0.6) is 6.01 Å². The standard InChI is InChI=1S/C10H13F2N3O/c1-15-4-2-3-7(6-15)16-10-13-8(11)5-9(12)14-10/h5,7H,2-4,6H2,1H3. The number of hydrogen-bond acceptors (Lipinski definition) is 4. The van der Waals surface area contributed by atoms with Gasteiger partial charge in [-0.05, 0) is 26.4 Å². The molecule has 0 radical (unpaired) electrons. The smallest absolute Gasteiger partial charge is 0.322 e. The highest BCUT2D eigenvalue weighted by Crippen LogP contribution is 2.14. The molecule has 16 heavy (non-hydrogen) atoms. The third kappa shape index (κ3) is 2.85. The number of ether oxygens (including phenoxy) is 1. The van der Waals surface area contributed by atoms with Gasteiger partial charge < -0.3 is 9.64 Å². The normalized spacial score (nSPS) is 22.1. The molecular weight excluding hydrogens is 216 g/mol. The van der Waals surface area contributed by atoms with E-state index in [4.69, 9.17) is 4.74 Å². The first-order chi connectivity index (χ1) is 7.63. The zero-order valence-electron chi connectivity index (χ0n) is 8.99. The molecule has 0 spiro atoms. The van der Waals surface area contributed by atoms with Crippen molar-refractivity contribution in [3.8, 4) is 6.01 Å². The summed E-state index contributed by atoms with van der Waals surface area (Å²) in [5, 5.41) is 0. The number of likely N-dealkylation sites (tertiary alicyclic amines) is 1. The van der Waals surface area contributed by atoms with Gasteiger partial charge >= 0.3 is 6.01 Å². The quantitative estimate of drug-likeness (QED) is 0.715. The molecule has 2 rings (SSSR count). The third-order valence-electron chi connectivity index (χ3n) is 2.50. The molecule has 0 aliphatic carbocycles. The van der Waals surface area contributed by atoms with Gasteiger partial charge in [0.2, 0.25) is 11.9 Å². The number of hydrogen-bond donors (Lipinski definition) is 0. The lowest BCUT2D eigenvalue weighted by atomic mass is 10.1. The maximum Gasteiger partial charge on any atom is 0.322 e. The highest BCUT2D eigenvalue weighted by atomic mass is 19.1. The maximum atomic E-state index is 12.8. The lowest BCUT2D eigenvalue weighted by Crippen LogP contribution is -2.38. The predicted molar refractivity (Wildman–Crippen MR) is 53.1 cm³/mol. The fourth-order valence-electron chi connectivity index (χ4n) is 1.79. The molecule has 1 unspecified atom stereocenters. The van der Waals surface area contributed by atoms with E-state index in [2.05, 4.69) is 14.9 Å². The summed E-state index contributed by atoms with van der Waals surface area (Å²) in [6.45, 7) is 1.74. The fraction of sp³-hybridized carbons (Fsp3) is 0.600. The summed E-state index contributed by atoms with van der Waals surface area (Å²) in [7, 11) is 1.97. The first kappa shape index (κ1) is 11.2. The average Bonchev–Trinajstić information content (AvgIpc) is 2.15. The highest BCUT2D eigenvalue weighted by Gasteiger charge is 2.20. The molecule has 1 saturated heterocycles. The van der Waals surface area contributed by atoms with Gasteiger partial charge in [-0.25, -0.2) is 0 Å². The first-order valence-corrected chi connectivity index (χ1v) is 5.19. The Balaban J connectivity index is 2.02. The van der Waals surface area contributed by atoms with E-state index in [-0.39, 0.29) is 12.1 Å². The molecular formula is C10H13F2N3O. The van der Waals surface area contributed by atoms with Crippen LogP contribution in [0.4, 0.5) is 8.78 Å². The maximum absolute atomic E-state index is 12.8. The predicted octanol–water partition coefficient (Wildman–Crippen LogP) is 1.23. The number of aromatic nitrogens is 2. The van der Waals surface area contributed by atoms with Crippen LogP contribution in [0.25, 0.3) is 0 Å². The van der Waals surface area contributed by atoms with Crippen molar-refractivity contribution in [3.63, 3.8) is 0 Å².